The lowest BCUT2D eigenvalue weighted by Crippen LogP contribution is -2.19. The SMILES string of the molecule is CC(C)(O)/C=N/O. The zero-order valence-electron chi connectivity index (χ0n) is 4.42. The van der Waals surface area contributed by atoms with Crippen molar-refractivity contribution in [1.29, 1.82) is 0 Å². The largest absolute Gasteiger partial charge is 0.411 e. The Labute approximate surface area is 42.3 Å². The molecule has 7 heavy (non-hydrogen) atoms. The summed E-state index contributed by atoms with van der Waals surface area (Å²) in [6.45, 7) is 3.04. The van der Waals surface area contributed by atoms with Crippen LogP contribution in [0.2, 0.25) is 0 Å². The number of nitrogens with zero attached hydrogens (tertiary/aromatic N) is 1. The number of aliphatic hydroxyl groups is 1. The quantitative estimate of drug-likeness (QED) is 0.283. The summed E-state index contributed by atoms with van der Waals surface area (Å²) in [6.07, 6.45) is 1.05. The van der Waals surface area contributed by atoms with Crippen molar-refractivity contribution in [3.05, 3.63) is 0 Å². The molecule has 2 N–H and O–H groups in total. The summed E-state index contributed by atoms with van der Waals surface area (Å²) in [6, 6.07) is 0. The van der Waals surface area contributed by atoms with Crippen LogP contribution in [-0.2, 0) is 0 Å². The molecule has 0 aromatic carbocycles. The van der Waals surface area contributed by atoms with E-state index in [9.17, 15) is 0 Å². The average Bonchev–Trinajstić information content (AvgIpc) is 1.30. The van der Waals surface area contributed by atoms with Gasteiger partial charge in [-0.15, -0.1) is 0 Å². The van der Waals surface area contributed by atoms with Crippen molar-refractivity contribution in [1.82, 2.24) is 0 Å². The summed E-state index contributed by atoms with van der Waals surface area (Å²) < 4.78 is 0. The molecule has 0 aromatic heterocycles. The van der Waals surface area contributed by atoms with E-state index >= 15 is 0 Å². The Morgan fingerprint density at radius 2 is 2.00 bits per heavy atom. The monoisotopic (exact) mass is 103 g/mol. The summed E-state index contributed by atoms with van der Waals surface area (Å²) in [5, 5.41) is 19.2. The molecule has 3 nitrogen and oxygen atoms in total. The molecular formula is C4H9NO2. The summed E-state index contributed by atoms with van der Waals surface area (Å²) in [4.78, 5) is 0. The third kappa shape index (κ3) is 5.43. The van der Waals surface area contributed by atoms with Crippen LogP contribution in [0.5, 0.6) is 0 Å². The topological polar surface area (TPSA) is 52.8 Å². The zero-order chi connectivity index (χ0) is 5.91. The molecule has 0 heterocycles. The van der Waals surface area contributed by atoms with Crippen LogP contribution in [0.3, 0.4) is 0 Å². The van der Waals surface area contributed by atoms with Crippen molar-refractivity contribution in [3.63, 3.8) is 0 Å². The first-order valence-corrected chi connectivity index (χ1v) is 1.97. The van der Waals surface area contributed by atoms with Crippen LogP contribution in [0.25, 0.3) is 0 Å². The molecule has 0 amide bonds. The van der Waals surface area contributed by atoms with Crippen LogP contribution in [0.4, 0.5) is 0 Å². The summed E-state index contributed by atoms with van der Waals surface area (Å²) in [5.41, 5.74) is -0.991. The fourth-order valence-electron chi connectivity index (χ4n) is 0.141. The van der Waals surface area contributed by atoms with E-state index in [4.69, 9.17) is 10.3 Å². The molecule has 0 bridgehead atoms. The lowest BCUT2D eigenvalue weighted by atomic mass is 10.2. The van der Waals surface area contributed by atoms with Gasteiger partial charge in [-0.3, -0.25) is 0 Å². The van der Waals surface area contributed by atoms with Gasteiger partial charge >= 0.3 is 0 Å². The normalized spacial score (nSPS) is 13.0. The van der Waals surface area contributed by atoms with Crippen LogP contribution >= 0.6 is 0 Å². The minimum atomic E-state index is -0.991. The Hall–Kier alpha value is -0.570. The highest BCUT2D eigenvalue weighted by Gasteiger charge is 2.06. The lowest BCUT2D eigenvalue weighted by Gasteiger charge is -2.05. The molecule has 0 aromatic rings. The van der Waals surface area contributed by atoms with Gasteiger partial charge in [0.1, 0.15) is 0 Å². The molecule has 3 heteroatoms. The number of hydrogen-bond acceptors (Lipinski definition) is 3. The van der Waals surface area contributed by atoms with Crippen molar-refractivity contribution in [2.24, 2.45) is 5.16 Å². The van der Waals surface area contributed by atoms with Gasteiger partial charge in [0.05, 0.1) is 11.8 Å². The van der Waals surface area contributed by atoms with Gasteiger partial charge in [0.2, 0.25) is 0 Å². The molecule has 0 fully saturated rings. The molecule has 0 aliphatic carbocycles. The van der Waals surface area contributed by atoms with E-state index in [-0.39, 0.29) is 0 Å². The number of rotatable bonds is 1. The maximum absolute atomic E-state index is 8.71. The minimum absolute atomic E-state index is 0.991. The number of oxime groups is 1. The molecule has 0 saturated heterocycles. The van der Waals surface area contributed by atoms with Gasteiger partial charge in [0.25, 0.3) is 0 Å². The second-order valence-corrected chi connectivity index (χ2v) is 1.90. The van der Waals surface area contributed by atoms with Crippen LogP contribution in [-0.4, -0.2) is 22.1 Å². The minimum Gasteiger partial charge on any atom is -0.411 e. The van der Waals surface area contributed by atoms with Crippen LogP contribution in [0.1, 0.15) is 13.8 Å². The summed E-state index contributed by atoms with van der Waals surface area (Å²) in [7, 11) is 0. The van der Waals surface area contributed by atoms with Crippen molar-refractivity contribution in [2.75, 3.05) is 0 Å². The molecule has 0 saturated carbocycles. The van der Waals surface area contributed by atoms with Gasteiger partial charge in [0, 0.05) is 0 Å². The second-order valence-electron chi connectivity index (χ2n) is 1.90. The molecule has 0 atom stereocenters. The highest BCUT2D eigenvalue weighted by Crippen LogP contribution is 1.93. The van der Waals surface area contributed by atoms with E-state index in [1.54, 1.807) is 0 Å². The van der Waals surface area contributed by atoms with Crippen molar-refractivity contribution >= 4 is 6.21 Å². The van der Waals surface area contributed by atoms with E-state index in [0.29, 0.717) is 0 Å². The molecular weight excluding hydrogens is 94.0 g/mol. The molecule has 0 unspecified atom stereocenters. The smallest absolute Gasteiger partial charge is 0.0974 e. The Balaban J connectivity index is 3.56. The molecule has 0 aliphatic heterocycles. The van der Waals surface area contributed by atoms with Crippen LogP contribution in [0, 0.1) is 0 Å². The van der Waals surface area contributed by atoms with E-state index < -0.39 is 5.60 Å². The highest BCUT2D eigenvalue weighted by atomic mass is 16.4. The van der Waals surface area contributed by atoms with E-state index in [0.717, 1.165) is 6.21 Å². The van der Waals surface area contributed by atoms with Gasteiger partial charge in [-0.05, 0) is 13.8 Å². The molecule has 0 radical (unpaired) electrons. The molecule has 0 rings (SSSR count). The van der Waals surface area contributed by atoms with Crippen LogP contribution < -0.4 is 0 Å². The first-order valence-electron chi connectivity index (χ1n) is 1.97. The fourth-order valence-corrected chi connectivity index (χ4v) is 0.141. The van der Waals surface area contributed by atoms with Gasteiger partial charge in [-0.25, -0.2) is 0 Å². The molecule has 0 spiro atoms. The standard InChI is InChI=1S/C4H9NO2/c1-4(2,6)3-5-7/h3,6-7H,1-2H3/b5-3+. The van der Waals surface area contributed by atoms with E-state index in [2.05, 4.69) is 5.16 Å². The predicted molar refractivity (Wildman–Crippen MR) is 26.6 cm³/mol. The first kappa shape index (κ1) is 6.43. The maximum Gasteiger partial charge on any atom is 0.0974 e. The third-order valence-electron chi connectivity index (χ3n) is 0.374. The van der Waals surface area contributed by atoms with E-state index in [1.807, 2.05) is 0 Å². The first-order chi connectivity index (χ1) is 3.06. The van der Waals surface area contributed by atoms with Gasteiger partial charge in [-0.1, -0.05) is 5.16 Å². The van der Waals surface area contributed by atoms with Crippen molar-refractivity contribution < 1.29 is 10.3 Å². The Morgan fingerprint density at radius 3 is 2.00 bits per heavy atom. The zero-order valence-corrected chi connectivity index (χ0v) is 4.42. The molecule has 0 aliphatic rings. The van der Waals surface area contributed by atoms with Gasteiger partial charge in [-0.2, -0.15) is 0 Å². The maximum atomic E-state index is 8.71. The third-order valence-corrected chi connectivity index (χ3v) is 0.374. The lowest BCUT2D eigenvalue weighted by molar-refractivity contribution is 0.154. The Morgan fingerprint density at radius 1 is 1.57 bits per heavy atom. The Kier molecular flexibility index (Phi) is 1.77. The Bertz CT molecular complexity index is 72.2. The van der Waals surface area contributed by atoms with Gasteiger partial charge in [0.15, 0.2) is 0 Å². The van der Waals surface area contributed by atoms with Gasteiger partial charge < -0.3 is 10.3 Å². The summed E-state index contributed by atoms with van der Waals surface area (Å²) in [5.74, 6) is 0. The van der Waals surface area contributed by atoms with Crippen molar-refractivity contribution in [3.8, 4) is 0 Å². The summed E-state index contributed by atoms with van der Waals surface area (Å²) >= 11 is 0. The highest BCUT2D eigenvalue weighted by molar-refractivity contribution is 5.65. The fraction of sp³-hybridized carbons (Fsp3) is 0.750. The van der Waals surface area contributed by atoms with E-state index in [1.165, 1.54) is 13.8 Å². The van der Waals surface area contributed by atoms with Crippen LogP contribution in [0.15, 0.2) is 5.16 Å². The second kappa shape index (κ2) is 1.93. The van der Waals surface area contributed by atoms with Crippen molar-refractivity contribution in [2.45, 2.75) is 19.4 Å². The average molecular weight is 103 g/mol. The predicted octanol–water partition coefficient (Wildman–Crippen LogP) is 0.217. The number of hydrogen-bond donors (Lipinski definition) is 2. The molecule has 42 valence electrons.